The van der Waals surface area contributed by atoms with E-state index in [9.17, 15) is 0 Å². The molecule has 5 heteroatoms. The third-order valence-electron chi connectivity index (χ3n) is 10.7. The molecule has 4 nitrogen and oxygen atoms in total. The first-order chi connectivity index (χ1) is 25.8. The van der Waals surface area contributed by atoms with Crippen LogP contribution < -0.4 is 16.2 Å². The third kappa shape index (κ3) is 5.02. The first kappa shape index (κ1) is 31.7. The van der Waals surface area contributed by atoms with Crippen LogP contribution >= 0.6 is 15.9 Å². The predicted molar refractivity (Wildman–Crippen MR) is 221 cm³/mol. The van der Waals surface area contributed by atoms with E-state index in [4.69, 9.17) is 9.98 Å². The zero-order valence-corrected chi connectivity index (χ0v) is 31.5. The smallest absolute Gasteiger partial charge is 0.147 e. The number of nitrogens with zero attached hydrogens (tertiary/aromatic N) is 3. The van der Waals surface area contributed by atoms with Crippen LogP contribution in [0.5, 0.6) is 0 Å². The topological polar surface area (TPSA) is 44.9 Å². The van der Waals surface area contributed by atoms with Crippen LogP contribution in [0.2, 0.25) is 0 Å². The first-order valence-electron chi connectivity index (χ1n) is 18.0. The quantitative estimate of drug-likeness (QED) is 0.187. The lowest BCUT2D eigenvalue weighted by molar-refractivity contribution is 1.06. The van der Waals surface area contributed by atoms with E-state index in [0.717, 1.165) is 99.1 Å². The predicted octanol–water partition coefficient (Wildman–Crippen LogP) is 9.47. The molecule has 4 aromatic carbocycles. The average Bonchev–Trinajstić information content (AvgIpc) is 4.00. The summed E-state index contributed by atoms with van der Waals surface area (Å²) in [6, 6.07) is 44.0. The van der Waals surface area contributed by atoms with Crippen molar-refractivity contribution < 1.29 is 0 Å². The van der Waals surface area contributed by atoms with Crippen molar-refractivity contribution in [3.63, 3.8) is 0 Å². The fraction of sp³-hybridized carbons (Fsp3) is 0.0833. The van der Waals surface area contributed by atoms with E-state index < -0.39 is 0 Å². The summed E-state index contributed by atoms with van der Waals surface area (Å²) in [5, 5.41) is 1.99. The Kier molecular flexibility index (Phi) is 7.18. The molecule has 0 aliphatic carbocycles. The molecule has 0 amide bonds. The zero-order valence-electron chi connectivity index (χ0n) is 29.9. The molecule has 6 heterocycles. The van der Waals surface area contributed by atoms with Gasteiger partial charge in [-0.2, -0.15) is 0 Å². The summed E-state index contributed by atoms with van der Waals surface area (Å²) in [5.41, 5.74) is 20.6. The van der Waals surface area contributed by atoms with Gasteiger partial charge in [-0.25, -0.2) is 9.98 Å². The minimum Gasteiger partial charge on any atom is -0.354 e. The van der Waals surface area contributed by atoms with Crippen molar-refractivity contribution in [1.29, 1.82) is 0 Å². The molecule has 10 rings (SSSR count). The molecule has 3 aliphatic rings. The fourth-order valence-corrected chi connectivity index (χ4v) is 8.61. The molecule has 53 heavy (non-hydrogen) atoms. The van der Waals surface area contributed by atoms with Gasteiger partial charge >= 0.3 is 0 Å². The molecule has 0 radical (unpaired) electrons. The van der Waals surface area contributed by atoms with Crippen LogP contribution in [0, 0.1) is 27.7 Å². The number of allylic oxidation sites excluding steroid dienone is 3. The highest BCUT2D eigenvalue weighted by atomic mass is 79.9. The SMILES string of the molecule is Cc1ccc(C2=C3C=CC(=N3)C(c3ccc(C)cc3)=c3ccc([nH]3)=C(c3ccc(C)cc3)C3=C(Br)c4c(-c5ccc(C)cc5)c5ccc2n5c4=N3)cc1. The molecule has 0 atom stereocenters. The van der Waals surface area contributed by atoms with Gasteiger partial charge in [0.15, 0.2) is 0 Å². The van der Waals surface area contributed by atoms with E-state index in [2.05, 4.69) is 186 Å². The summed E-state index contributed by atoms with van der Waals surface area (Å²) >= 11 is 4.18. The Hall–Kier alpha value is -6.04. The molecule has 3 aliphatic heterocycles. The van der Waals surface area contributed by atoms with E-state index in [-0.39, 0.29) is 0 Å². The number of aromatic amines is 1. The Labute approximate surface area is 316 Å². The van der Waals surface area contributed by atoms with Crippen molar-refractivity contribution in [3.05, 3.63) is 211 Å². The van der Waals surface area contributed by atoms with Gasteiger partial charge in [-0.15, -0.1) is 0 Å². The number of rotatable bonds is 4. The lowest BCUT2D eigenvalue weighted by Gasteiger charge is -2.12. The molecule has 0 fully saturated rings. The monoisotopic (exact) mass is 746 g/mol. The third-order valence-corrected chi connectivity index (χ3v) is 11.5. The second-order valence-electron chi connectivity index (χ2n) is 14.4. The van der Waals surface area contributed by atoms with Crippen LogP contribution in [0.4, 0.5) is 0 Å². The molecule has 0 spiro atoms. The summed E-state index contributed by atoms with van der Waals surface area (Å²) in [6.45, 7) is 8.52. The molecule has 0 saturated heterocycles. The van der Waals surface area contributed by atoms with Gasteiger partial charge < -0.3 is 4.98 Å². The fourth-order valence-electron chi connectivity index (χ4n) is 7.95. The maximum absolute atomic E-state index is 5.61. The van der Waals surface area contributed by atoms with Gasteiger partial charge in [0.2, 0.25) is 0 Å². The highest BCUT2D eigenvalue weighted by molar-refractivity contribution is 9.15. The van der Waals surface area contributed by atoms with Crippen LogP contribution in [0.25, 0.3) is 37.8 Å². The zero-order chi connectivity index (χ0) is 36.0. The van der Waals surface area contributed by atoms with E-state index >= 15 is 0 Å². The van der Waals surface area contributed by atoms with Gasteiger partial charge in [0.05, 0.1) is 32.8 Å². The first-order valence-corrected chi connectivity index (χ1v) is 18.8. The Morgan fingerprint density at radius 3 is 1.58 bits per heavy atom. The number of hydrogen-bond donors (Lipinski definition) is 1. The van der Waals surface area contributed by atoms with Crippen LogP contribution in [-0.4, -0.2) is 15.1 Å². The number of aryl methyl sites for hydroxylation is 4. The molecule has 254 valence electrons. The average molecular weight is 748 g/mol. The molecular weight excluding hydrogens is 712 g/mol. The van der Waals surface area contributed by atoms with Crippen LogP contribution in [0.1, 0.15) is 50.2 Å². The standard InChI is InChI=1S/C48H35BrN4/c1-27-5-13-31(14-6-27)41-35-21-23-37(50-35)42(32-15-7-28(2)8-16-32)39-25-26-40-44(34-19-11-30(4)12-20-34)45-46(49)47(52-48(45)53(39)40)43(38-24-22-36(41)51-38)33-17-9-29(3)10-18-33/h5-26,51H,1-4H3. The van der Waals surface area contributed by atoms with Crippen LogP contribution in [0.15, 0.2) is 155 Å². The number of aromatic nitrogens is 2. The second kappa shape index (κ2) is 12.0. The van der Waals surface area contributed by atoms with Crippen molar-refractivity contribution >= 4 is 48.4 Å². The number of H-pyrrole nitrogens is 1. The maximum Gasteiger partial charge on any atom is 0.147 e. The lowest BCUT2D eigenvalue weighted by atomic mass is 9.98. The number of nitrogens with one attached hydrogen (secondary N) is 1. The van der Waals surface area contributed by atoms with Gasteiger partial charge in [0, 0.05) is 38.5 Å². The van der Waals surface area contributed by atoms with Crippen molar-refractivity contribution in [3.8, 4) is 11.1 Å². The summed E-state index contributed by atoms with van der Waals surface area (Å²) < 4.78 is 3.33. The minimum atomic E-state index is 0.902. The molecule has 0 saturated carbocycles. The lowest BCUT2D eigenvalue weighted by Crippen LogP contribution is -2.20. The van der Waals surface area contributed by atoms with E-state index in [1.807, 2.05) is 0 Å². The highest BCUT2D eigenvalue weighted by Crippen LogP contribution is 2.44. The Balaban J connectivity index is 1.40. The van der Waals surface area contributed by atoms with Gasteiger partial charge in [-0.1, -0.05) is 119 Å². The van der Waals surface area contributed by atoms with Crippen molar-refractivity contribution in [1.82, 2.24) is 9.38 Å². The normalized spacial score (nSPS) is 14.8. The summed E-state index contributed by atoms with van der Waals surface area (Å²) in [7, 11) is 0. The molecule has 0 unspecified atom stereocenters. The molecule has 1 N–H and O–H groups in total. The number of hydrogen-bond acceptors (Lipinski definition) is 2. The van der Waals surface area contributed by atoms with Crippen molar-refractivity contribution in [2.45, 2.75) is 27.7 Å². The van der Waals surface area contributed by atoms with Crippen LogP contribution in [-0.2, 0) is 0 Å². The van der Waals surface area contributed by atoms with Crippen molar-refractivity contribution in [2.75, 3.05) is 0 Å². The summed E-state index contributed by atoms with van der Waals surface area (Å²) in [6.07, 6.45) is 4.34. The maximum atomic E-state index is 5.61. The largest absolute Gasteiger partial charge is 0.354 e. The van der Waals surface area contributed by atoms with E-state index in [1.165, 1.54) is 22.3 Å². The number of fused-ring (bicyclic) bond motifs is 4. The second-order valence-corrected chi connectivity index (χ2v) is 15.2. The molecular formula is C48H35BrN4. The highest BCUT2D eigenvalue weighted by Gasteiger charge is 2.31. The minimum absolute atomic E-state index is 0.902. The molecule has 7 aromatic rings. The number of aliphatic imine (C=N–C) groups is 1. The van der Waals surface area contributed by atoms with Gasteiger partial charge in [-0.3, -0.25) is 4.40 Å². The van der Waals surface area contributed by atoms with Crippen LogP contribution in [0.3, 0.4) is 0 Å². The Bertz CT molecular complexity index is 2980. The number of halogens is 1. The molecule has 3 aromatic heterocycles. The Morgan fingerprint density at radius 2 is 1.00 bits per heavy atom. The summed E-state index contributed by atoms with van der Waals surface area (Å²) in [5.74, 6) is 0. The van der Waals surface area contributed by atoms with Gasteiger partial charge in [0.25, 0.3) is 0 Å². The summed E-state index contributed by atoms with van der Waals surface area (Å²) in [4.78, 5) is 15.0. The van der Waals surface area contributed by atoms with Crippen molar-refractivity contribution in [2.24, 2.45) is 9.98 Å². The Morgan fingerprint density at radius 1 is 0.491 bits per heavy atom. The van der Waals surface area contributed by atoms with Gasteiger partial charge in [0.1, 0.15) is 5.49 Å². The van der Waals surface area contributed by atoms with Gasteiger partial charge in [-0.05, 0) is 102 Å². The molecule has 6 bridgehead atoms. The van der Waals surface area contributed by atoms with E-state index in [0.29, 0.717) is 0 Å². The van der Waals surface area contributed by atoms with E-state index in [1.54, 1.807) is 0 Å². The number of benzene rings is 4.